The molecule has 0 aliphatic rings. The van der Waals surface area contributed by atoms with E-state index in [-0.39, 0.29) is 0 Å². The van der Waals surface area contributed by atoms with Gasteiger partial charge in [-0.1, -0.05) is 13.8 Å². The van der Waals surface area contributed by atoms with Crippen LogP contribution in [-0.2, 0) is 6.54 Å². The van der Waals surface area contributed by atoms with Gasteiger partial charge in [0.2, 0.25) is 5.89 Å². The van der Waals surface area contributed by atoms with Gasteiger partial charge in [0.05, 0.1) is 12.2 Å². The fourth-order valence-electron chi connectivity index (χ4n) is 1.09. The molecule has 0 spiro atoms. The standard InChI is InChI=1S/C8H14N2O/c1-5(2)8-6(3)11-7(4-9)10-8/h5H,4,9H2,1-3H3. The molecule has 1 aromatic heterocycles. The molecule has 3 heteroatoms. The first kappa shape index (κ1) is 8.27. The first-order valence-corrected chi connectivity index (χ1v) is 3.81. The van der Waals surface area contributed by atoms with Crippen molar-refractivity contribution >= 4 is 0 Å². The third-order valence-corrected chi connectivity index (χ3v) is 1.60. The highest BCUT2D eigenvalue weighted by atomic mass is 16.4. The van der Waals surface area contributed by atoms with E-state index in [2.05, 4.69) is 18.8 Å². The minimum Gasteiger partial charge on any atom is -0.444 e. The second-order valence-electron chi connectivity index (χ2n) is 2.91. The van der Waals surface area contributed by atoms with Crippen LogP contribution >= 0.6 is 0 Å². The van der Waals surface area contributed by atoms with Gasteiger partial charge in [-0.25, -0.2) is 4.98 Å². The van der Waals surface area contributed by atoms with Gasteiger partial charge in [-0.3, -0.25) is 0 Å². The number of hydrogen-bond acceptors (Lipinski definition) is 3. The maximum atomic E-state index is 5.38. The lowest BCUT2D eigenvalue weighted by molar-refractivity contribution is 0.472. The molecule has 0 aliphatic heterocycles. The molecule has 0 aromatic carbocycles. The first-order chi connectivity index (χ1) is 5.15. The van der Waals surface area contributed by atoms with Crippen molar-refractivity contribution in [3.63, 3.8) is 0 Å². The van der Waals surface area contributed by atoms with Crippen LogP contribution in [0, 0.1) is 6.92 Å². The molecule has 62 valence electrons. The largest absolute Gasteiger partial charge is 0.444 e. The van der Waals surface area contributed by atoms with Gasteiger partial charge in [0, 0.05) is 0 Å². The third kappa shape index (κ3) is 1.60. The summed E-state index contributed by atoms with van der Waals surface area (Å²) in [6.07, 6.45) is 0. The van der Waals surface area contributed by atoms with Crippen LogP contribution in [0.1, 0.15) is 37.1 Å². The van der Waals surface area contributed by atoms with Gasteiger partial charge in [-0.2, -0.15) is 0 Å². The zero-order valence-corrected chi connectivity index (χ0v) is 7.22. The molecular formula is C8H14N2O. The molecule has 0 saturated heterocycles. The van der Waals surface area contributed by atoms with Crippen molar-refractivity contribution in [3.05, 3.63) is 17.3 Å². The maximum Gasteiger partial charge on any atom is 0.208 e. The third-order valence-electron chi connectivity index (χ3n) is 1.60. The molecule has 1 rings (SSSR count). The molecule has 0 fully saturated rings. The average Bonchev–Trinajstić information content (AvgIpc) is 2.30. The summed E-state index contributed by atoms with van der Waals surface area (Å²) in [6, 6.07) is 0. The Kier molecular flexibility index (Phi) is 2.29. The minimum absolute atomic E-state index is 0.382. The number of nitrogens with zero attached hydrogens (tertiary/aromatic N) is 1. The average molecular weight is 154 g/mol. The Morgan fingerprint density at radius 3 is 2.45 bits per heavy atom. The number of rotatable bonds is 2. The molecule has 0 unspecified atom stereocenters. The van der Waals surface area contributed by atoms with Gasteiger partial charge in [-0.05, 0) is 12.8 Å². The van der Waals surface area contributed by atoms with E-state index in [1.807, 2.05) is 6.92 Å². The van der Waals surface area contributed by atoms with Crippen molar-refractivity contribution in [2.75, 3.05) is 0 Å². The molecular weight excluding hydrogens is 140 g/mol. The Hall–Kier alpha value is -0.830. The van der Waals surface area contributed by atoms with Crippen LogP contribution in [0.25, 0.3) is 0 Å². The van der Waals surface area contributed by atoms with E-state index in [0.29, 0.717) is 18.4 Å². The Labute approximate surface area is 66.6 Å². The van der Waals surface area contributed by atoms with Crippen molar-refractivity contribution in [3.8, 4) is 0 Å². The summed E-state index contributed by atoms with van der Waals surface area (Å²) < 4.78 is 5.29. The highest BCUT2D eigenvalue weighted by molar-refractivity contribution is 5.11. The molecule has 1 heterocycles. The van der Waals surface area contributed by atoms with Crippen LogP contribution in [0.4, 0.5) is 0 Å². The van der Waals surface area contributed by atoms with Gasteiger partial charge in [0.1, 0.15) is 5.76 Å². The summed E-state index contributed by atoms with van der Waals surface area (Å²) in [4.78, 5) is 4.24. The van der Waals surface area contributed by atoms with Gasteiger partial charge >= 0.3 is 0 Å². The molecule has 0 radical (unpaired) electrons. The highest BCUT2D eigenvalue weighted by Crippen LogP contribution is 2.18. The first-order valence-electron chi connectivity index (χ1n) is 3.81. The van der Waals surface area contributed by atoms with Crippen molar-refractivity contribution in [2.24, 2.45) is 5.73 Å². The van der Waals surface area contributed by atoms with Crippen LogP contribution in [0.2, 0.25) is 0 Å². The van der Waals surface area contributed by atoms with Gasteiger partial charge in [0.15, 0.2) is 0 Å². The summed E-state index contributed by atoms with van der Waals surface area (Å²) in [5.41, 5.74) is 6.39. The predicted molar refractivity (Wildman–Crippen MR) is 43.2 cm³/mol. The van der Waals surface area contributed by atoms with E-state index in [1.165, 1.54) is 0 Å². The topological polar surface area (TPSA) is 52.0 Å². The molecule has 0 aliphatic carbocycles. The lowest BCUT2D eigenvalue weighted by Gasteiger charge is -1.97. The number of oxazole rings is 1. The van der Waals surface area contributed by atoms with Crippen molar-refractivity contribution in [2.45, 2.75) is 33.2 Å². The Balaban J connectivity index is 2.97. The second kappa shape index (κ2) is 3.05. The van der Waals surface area contributed by atoms with Gasteiger partial charge in [-0.15, -0.1) is 0 Å². The number of hydrogen-bond donors (Lipinski definition) is 1. The predicted octanol–water partition coefficient (Wildman–Crippen LogP) is 1.57. The lowest BCUT2D eigenvalue weighted by Crippen LogP contribution is -1.97. The normalized spacial score (nSPS) is 11.0. The molecule has 0 atom stereocenters. The lowest BCUT2D eigenvalue weighted by atomic mass is 10.1. The monoisotopic (exact) mass is 154 g/mol. The number of aryl methyl sites for hydroxylation is 1. The molecule has 2 N–H and O–H groups in total. The molecule has 0 amide bonds. The molecule has 3 nitrogen and oxygen atoms in total. The van der Waals surface area contributed by atoms with Crippen LogP contribution in [0.3, 0.4) is 0 Å². The van der Waals surface area contributed by atoms with Crippen LogP contribution in [0.15, 0.2) is 4.42 Å². The van der Waals surface area contributed by atoms with Gasteiger partial charge < -0.3 is 10.2 Å². The number of aromatic nitrogens is 1. The molecule has 11 heavy (non-hydrogen) atoms. The fraction of sp³-hybridized carbons (Fsp3) is 0.625. The highest BCUT2D eigenvalue weighted by Gasteiger charge is 2.10. The quantitative estimate of drug-likeness (QED) is 0.703. The number of nitrogens with two attached hydrogens (primary N) is 1. The molecule has 1 aromatic rings. The Morgan fingerprint density at radius 1 is 1.55 bits per heavy atom. The smallest absolute Gasteiger partial charge is 0.208 e. The summed E-state index contributed by atoms with van der Waals surface area (Å²) >= 11 is 0. The van der Waals surface area contributed by atoms with E-state index in [1.54, 1.807) is 0 Å². The van der Waals surface area contributed by atoms with Crippen LogP contribution in [-0.4, -0.2) is 4.98 Å². The summed E-state index contributed by atoms with van der Waals surface area (Å²) in [5, 5.41) is 0. The minimum atomic E-state index is 0.382. The van der Waals surface area contributed by atoms with Crippen molar-refractivity contribution < 1.29 is 4.42 Å². The SMILES string of the molecule is Cc1oc(CN)nc1C(C)C. The fourth-order valence-corrected chi connectivity index (χ4v) is 1.09. The van der Waals surface area contributed by atoms with Crippen LogP contribution in [0.5, 0.6) is 0 Å². The van der Waals surface area contributed by atoms with Crippen molar-refractivity contribution in [1.29, 1.82) is 0 Å². The summed E-state index contributed by atoms with van der Waals surface area (Å²) in [6.45, 7) is 6.48. The van der Waals surface area contributed by atoms with E-state index in [9.17, 15) is 0 Å². The molecule has 0 saturated carbocycles. The van der Waals surface area contributed by atoms with E-state index in [4.69, 9.17) is 10.2 Å². The van der Waals surface area contributed by atoms with E-state index >= 15 is 0 Å². The van der Waals surface area contributed by atoms with Crippen molar-refractivity contribution in [1.82, 2.24) is 4.98 Å². The second-order valence-corrected chi connectivity index (χ2v) is 2.91. The maximum absolute atomic E-state index is 5.38. The van der Waals surface area contributed by atoms with Crippen LogP contribution < -0.4 is 5.73 Å². The van der Waals surface area contributed by atoms with Gasteiger partial charge in [0.25, 0.3) is 0 Å². The zero-order valence-electron chi connectivity index (χ0n) is 7.22. The Bertz CT molecular complexity index is 240. The summed E-state index contributed by atoms with van der Waals surface area (Å²) in [7, 11) is 0. The Morgan fingerprint density at radius 2 is 2.18 bits per heavy atom. The molecule has 0 bridgehead atoms. The summed E-state index contributed by atoms with van der Waals surface area (Å²) in [5.74, 6) is 1.94. The van der Waals surface area contributed by atoms with E-state index in [0.717, 1.165) is 11.5 Å². The zero-order chi connectivity index (χ0) is 8.43. The van der Waals surface area contributed by atoms with E-state index < -0.39 is 0 Å².